The van der Waals surface area contributed by atoms with Crippen LogP contribution >= 0.6 is 11.3 Å². The van der Waals surface area contributed by atoms with Gasteiger partial charge in [-0.3, -0.25) is 14.2 Å². The standard InChI is InChI=1S/C18H18N4O2S/c1-2-14-10-16(23)22(12-20-14)9-8-19-17(24)15-11-25-18(21-15)13-6-4-3-5-7-13/h3-7,10-12H,2,8-9H2,1H3,(H,19,24). The van der Waals surface area contributed by atoms with Crippen LogP contribution in [-0.4, -0.2) is 27.0 Å². The van der Waals surface area contributed by atoms with E-state index in [0.29, 0.717) is 18.8 Å². The molecule has 0 spiro atoms. The summed E-state index contributed by atoms with van der Waals surface area (Å²) < 4.78 is 1.48. The molecule has 0 fully saturated rings. The molecule has 0 bridgehead atoms. The molecule has 128 valence electrons. The number of aryl methyl sites for hydroxylation is 1. The van der Waals surface area contributed by atoms with E-state index in [1.165, 1.54) is 28.3 Å². The number of carbonyl (C=O) groups excluding carboxylic acids is 1. The van der Waals surface area contributed by atoms with Crippen molar-refractivity contribution in [2.75, 3.05) is 6.54 Å². The fourth-order valence-electron chi connectivity index (χ4n) is 2.30. The van der Waals surface area contributed by atoms with Gasteiger partial charge in [0.2, 0.25) is 0 Å². The lowest BCUT2D eigenvalue weighted by atomic mass is 10.2. The van der Waals surface area contributed by atoms with E-state index in [4.69, 9.17) is 0 Å². The van der Waals surface area contributed by atoms with Crippen molar-refractivity contribution in [2.45, 2.75) is 19.9 Å². The highest BCUT2D eigenvalue weighted by Crippen LogP contribution is 2.23. The minimum atomic E-state index is -0.246. The van der Waals surface area contributed by atoms with Crippen molar-refractivity contribution >= 4 is 17.2 Å². The van der Waals surface area contributed by atoms with Crippen LogP contribution in [0.4, 0.5) is 0 Å². The molecule has 7 heteroatoms. The number of aromatic nitrogens is 3. The van der Waals surface area contributed by atoms with Crippen LogP contribution in [0, 0.1) is 0 Å². The topological polar surface area (TPSA) is 76.9 Å². The predicted octanol–water partition coefficient (Wildman–Crippen LogP) is 2.36. The molecular formula is C18H18N4O2S. The van der Waals surface area contributed by atoms with E-state index in [2.05, 4.69) is 15.3 Å². The zero-order valence-corrected chi connectivity index (χ0v) is 14.6. The summed E-state index contributed by atoms with van der Waals surface area (Å²) in [6.07, 6.45) is 2.24. The fraction of sp³-hybridized carbons (Fsp3) is 0.222. The van der Waals surface area contributed by atoms with Crippen molar-refractivity contribution in [1.82, 2.24) is 19.9 Å². The number of hydrogen-bond donors (Lipinski definition) is 1. The Bertz CT molecular complexity index is 918. The van der Waals surface area contributed by atoms with Gasteiger partial charge in [0.1, 0.15) is 10.7 Å². The van der Waals surface area contributed by atoms with Gasteiger partial charge in [-0.05, 0) is 6.42 Å². The first-order valence-electron chi connectivity index (χ1n) is 8.02. The van der Waals surface area contributed by atoms with Crippen molar-refractivity contribution in [1.29, 1.82) is 0 Å². The Kier molecular flexibility index (Phi) is 5.35. The van der Waals surface area contributed by atoms with E-state index >= 15 is 0 Å². The highest BCUT2D eigenvalue weighted by atomic mass is 32.1. The molecule has 0 unspecified atom stereocenters. The second kappa shape index (κ2) is 7.85. The van der Waals surface area contributed by atoms with E-state index in [1.807, 2.05) is 37.3 Å². The lowest BCUT2D eigenvalue weighted by Gasteiger charge is -2.06. The van der Waals surface area contributed by atoms with Crippen LogP contribution in [0.15, 0.2) is 52.9 Å². The molecule has 25 heavy (non-hydrogen) atoms. The zero-order valence-electron chi connectivity index (χ0n) is 13.8. The lowest BCUT2D eigenvalue weighted by molar-refractivity contribution is 0.0948. The largest absolute Gasteiger partial charge is 0.349 e. The SMILES string of the molecule is CCc1cc(=O)n(CCNC(=O)c2csc(-c3ccccc3)n2)cn1. The Hall–Kier alpha value is -2.80. The first kappa shape index (κ1) is 17.0. The van der Waals surface area contributed by atoms with E-state index in [1.54, 1.807) is 5.38 Å². The van der Waals surface area contributed by atoms with Crippen molar-refractivity contribution in [3.63, 3.8) is 0 Å². The highest BCUT2D eigenvalue weighted by Gasteiger charge is 2.11. The molecule has 0 saturated carbocycles. The van der Waals surface area contributed by atoms with Gasteiger partial charge in [-0.2, -0.15) is 0 Å². The van der Waals surface area contributed by atoms with Crippen LogP contribution < -0.4 is 10.9 Å². The number of benzene rings is 1. The molecule has 6 nitrogen and oxygen atoms in total. The number of hydrogen-bond acceptors (Lipinski definition) is 5. The van der Waals surface area contributed by atoms with Gasteiger partial charge >= 0.3 is 0 Å². The smallest absolute Gasteiger partial charge is 0.270 e. The van der Waals surface area contributed by atoms with Crippen molar-refractivity contribution in [2.24, 2.45) is 0 Å². The van der Waals surface area contributed by atoms with Gasteiger partial charge in [0.25, 0.3) is 11.5 Å². The van der Waals surface area contributed by atoms with E-state index < -0.39 is 0 Å². The van der Waals surface area contributed by atoms with Crippen LogP contribution in [0.25, 0.3) is 10.6 Å². The van der Waals surface area contributed by atoms with E-state index in [0.717, 1.165) is 22.7 Å². The Morgan fingerprint density at radius 1 is 1.28 bits per heavy atom. The number of amides is 1. The van der Waals surface area contributed by atoms with Gasteiger partial charge in [-0.25, -0.2) is 9.97 Å². The number of thiazole rings is 1. The average Bonchev–Trinajstić information content (AvgIpc) is 3.14. The normalized spacial score (nSPS) is 10.6. The third-order valence-electron chi connectivity index (χ3n) is 3.69. The quantitative estimate of drug-likeness (QED) is 0.737. The average molecular weight is 354 g/mol. The molecule has 0 aliphatic heterocycles. The van der Waals surface area contributed by atoms with Gasteiger partial charge in [0.15, 0.2) is 0 Å². The molecule has 3 aromatic rings. The number of nitrogens with one attached hydrogen (secondary N) is 1. The monoisotopic (exact) mass is 354 g/mol. The molecule has 0 aliphatic carbocycles. The minimum Gasteiger partial charge on any atom is -0.349 e. The molecule has 0 saturated heterocycles. The van der Waals surface area contributed by atoms with Gasteiger partial charge in [0.05, 0.1) is 6.33 Å². The minimum absolute atomic E-state index is 0.110. The summed E-state index contributed by atoms with van der Waals surface area (Å²) in [4.78, 5) is 32.7. The predicted molar refractivity (Wildman–Crippen MR) is 97.8 cm³/mol. The summed E-state index contributed by atoms with van der Waals surface area (Å²) in [7, 11) is 0. The lowest BCUT2D eigenvalue weighted by Crippen LogP contribution is -2.31. The Labute approximate surface area is 149 Å². The van der Waals surface area contributed by atoms with Gasteiger partial charge in [-0.15, -0.1) is 11.3 Å². The summed E-state index contributed by atoms with van der Waals surface area (Å²) in [5, 5.41) is 5.33. The molecule has 3 rings (SSSR count). The molecule has 0 atom stereocenters. The third-order valence-corrected chi connectivity index (χ3v) is 4.59. The Balaban J connectivity index is 1.58. The molecule has 0 aliphatic rings. The van der Waals surface area contributed by atoms with Crippen LogP contribution in [0.5, 0.6) is 0 Å². The maximum absolute atomic E-state index is 12.2. The summed E-state index contributed by atoms with van der Waals surface area (Å²) in [6.45, 7) is 2.66. The van der Waals surface area contributed by atoms with Crippen LogP contribution in [0.2, 0.25) is 0 Å². The summed E-state index contributed by atoms with van der Waals surface area (Å²) in [5.41, 5.74) is 2.03. The first-order valence-corrected chi connectivity index (χ1v) is 8.90. The molecule has 1 N–H and O–H groups in total. The number of nitrogens with zero attached hydrogens (tertiary/aromatic N) is 3. The molecule has 2 aromatic heterocycles. The van der Waals surface area contributed by atoms with Gasteiger partial charge in [0, 0.05) is 35.8 Å². The maximum Gasteiger partial charge on any atom is 0.270 e. The van der Waals surface area contributed by atoms with Crippen LogP contribution in [0.1, 0.15) is 23.1 Å². The van der Waals surface area contributed by atoms with Crippen LogP contribution in [0.3, 0.4) is 0 Å². The van der Waals surface area contributed by atoms with Gasteiger partial charge < -0.3 is 5.32 Å². The Morgan fingerprint density at radius 2 is 2.08 bits per heavy atom. The van der Waals surface area contributed by atoms with Gasteiger partial charge in [-0.1, -0.05) is 37.3 Å². The summed E-state index contributed by atoms with van der Waals surface area (Å²) in [6, 6.07) is 11.3. The molecule has 1 amide bonds. The third kappa shape index (κ3) is 4.19. The highest BCUT2D eigenvalue weighted by molar-refractivity contribution is 7.13. The number of rotatable bonds is 6. The second-order valence-electron chi connectivity index (χ2n) is 5.43. The van der Waals surface area contributed by atoms with E-state index in [9.17, 15) is 9.59 Å². The molecule has 1 aromatic carbocycles. The Morgan fingerprint density at radius 3 is 2.80 bits per heavy atom. The number of carbonyl (C=O) groups is 1. The van der Waals surface area contributed by atoms with Crippen LogP contribution in [-0.2, 0) is 13.0 Å². The molecular weight excluding hydrogens is 336 g/mol. The van der Waals surface area contributed by atoms with Crippen molar-refractivity contribution in [3.05, 3.63) is 69.8 Å². The fourth-order valence-corrected chi connectivity index (χ4v) is 3.10. The van der Waals surface area contributed by atoms with E-state index in [-0.39, 0.29) is 11.5 Å². The first-order chi connectivity index (χ1) is 12.2. The summed E-state index contributed by atoms with van der Waals surface area (Å²) in [5.74, 6) is -0.246. The van der Waals surface area contributed by atoms with Crippen molar-refractivity contribution in [3.8, 4) is 10.6 Å². The molecule has 0 radical (unpaired) electrons. The maximum atomic E-state index is 12.2. The van der Waals surface area contributed by atoms with Crippen molar-refractivity contribution < 1.29 is 4.79 Å². The molecule has 2 heterocycles. The second-order valence-corrected chi connectivity index (χ2v) is 6.28. The zero-order chi connectivity index (χ0) is 17.6. The summed E-state index contributed by atoms with van der Waals surface area (Å²) >= 11 is 1.43.